The SMILES string of the molecule is Oc1ccc2c(c1)Oc1ncn3nc(-c4ccccc4)nc3c1[C@@H]2c1cccnc1. The minimum absolute atomic E-state index is 0.136. The van der Waals surface area contributed by atoms with Crippen molar-refractivity contribution in [2.75, 3.05) is 0 Å². The van der Waals surface area contributed by atoms with E-state index in [0.29, 0.717) is 23.1 Å². The van der Waals surface area contributed by atoms with Crippen molar-refractivity contribution in [1.29, 1.82) is 0 Å². The van der Waals surface area contributed by atoms with Crippen molar-refractivity contribution in [3.8, 4) is 28.8 Å². The fourth-order valence-corrected chi connectivity index (χ4v) is 3.91. The summed E-state index contributed by atoms with van der Waals surface area (Å²) in [6.07, 6.45) is 5.17. The van der Waals surface area contributed by atoms with Gasteiger partial charge in [-0.2, -0.15) is 0 Å². The van der Waals surface area contributed by atoms with E-state index in [1.807, 2.05) is 54.7 Å². The minimum Gasteiger partial charge on any atom is -0.508 e. The second-order valence-electron chi connectivity index (χ2n) is 7.08. The topological polar surface area (TPSA) is 85.4 Å². The molecule has 1 N–H and O–H groups in total. The zero-order chi connectivity index (χ0) is 20.1. The molecule has 0 aliphatic carbocycles. The second-order valence-corrected chi connectivity index (χ2v) is 7.08. The van der Waals surface area contributed by atoms with Gasteiger partial charge in [-0.3, -0.25) is 4.98 Å². The highest BCUT2D eigenvalue weighted by Crippen LogP contribution is 2.48. The number of hydrogen-bond acceptors (Lipinski definition) is 6. The van der Waals surface area contributed by atoms with Gasteiger partial charge in [0.2, 0.25) is 5.88 Å². The predicted octanol–water partition coefficient (Wildman–Crippen LogP) is 4.18. The lowest BCUT2D eigenvalue weighted by Crippen LogP contribution is -2.15. The number of pyridine rings is 1. The molecule has 0 saturated heterocycles. The number of ether oxygens (including phenoxy) is 1. The molecule has 0 radical (unpaired) electrons. The summed E-state index contributed by atoms with van der Waals surface area (Å²) in [5, 5.41) is 14.6. The van der Waals surface area contributed by atoms with Crippen LogP contribution in [0.5, 0.6) is 17.4 Å². The molecule has 1 atom stereocenters. The maximum absolute atomic E-state index is 9.95. The van der Waals surface area contributed by atoms with Gasteiger partial charge in [0.25, 0.3) is 0 Å². The third-order valence-corrected chi connectivity index (χ3v) is 5.24. The Morgan fingerprint density at radius 1 is 1.00 bits per heavy atom. The first-order valence-electron chi connectivity index (χ1n) is 9.49. The smallest absolute Gasteiger partial charge is 0.228 e. The minimum atomic E-state index is -0.206. The van der Waals surface area contributed by atoms with Gasteiger partial charge in [0.1, 0.15) is 17.8 Å². The van der Waals surface area contributed by atoms with Crippen molar-refractivity contribution >= 4 is 5.65 Å². The zero-order valence-electron chi connectivity index (χ0n) is 15.7. The number of nitrogens with zero attached hydrogens (tertiary/aromatic N) is 5. The quantitative estimate of drug-likeness (QED) is 0.475. The molecule has 144 valence electrons. The van der Waals surface area contributed by atoms with Gasteiger partial charge >= 0.3 is 0 Å². The largest absolute Gasteiger partial charge is 0.508 e. The lowest BCUT2D eigenvalue weighted by atomic mass is 9.84. The van der Waals surface area contributed by atoms with Gasteiger partial charge in [-0.1, -0.05) is 42.5 Å². The summed E-state index contributed by atoms with van der Waals surface area (Å²) in [6.45, 7) is 0. The normalized spacial score (nSPS) is 14.7. The monoisotopic (exact) mass is 393 g/mol. The van der Waals surface area contributed by atoms with Crippen molar-refractivity contribution in [3.63, 3.8) is 0 Å². The summed E-state index contributed by atoms with van der Waals surface area (Å²) in [7, 11) is 0. The molecule has 3 aromatic heterocycles. The molecule has 0 amide bonds. The van der Waals surface area contributed by atoms with Crippen molar-refractivity contribution in [1.82, 2.24) is 24.6 Å². The van der Waals surface area contributed by atoms with Gasteiger partial charge < -0.3 is 9.84 Å². The fourth-order valence-electron chi connectivity index (χ4n) is 3.91. The molecule has 0 fully saturated rings. The van der Waals surface area contributed by atoms with Gasteiger partial charge in [0.05, 0.1) is 5.56 Å². The Kier molecular flexibility index (Phi) is 3.55. The highest BCUT2D eigenvalue weighted by molar-refractivity contribution is 5.68. The molecule has 0 saturated carbocycles. The number of rotatable bonds is 2. The standard InChI is InChI=1S/C23H15N5O2/c29-16-8-9-17-18(11-16)30-23-20(19(17)15-7-4-10-24-12-15)22-26-21(27-28(22)13-25-23)14-5-2-1-3-6-14/h1-13,19,29H/t19-/m1/s1. The molecule has 6 rings (SSSR count). The van der Waals surface area contributed by atoms with Crippen LogP contribution in [-0.4, -0.2) is 29.7 Å². The van der Waals surface area contributed by atoms with Crippen LogP contribution in [0.2, 0.25) is 0 Å². The Morgan fingerprint density at radius 3 is 2.73 bits per heavy atom. The van der Waals surface area contributed by atoms with Gasteiger partial charge in [0.15, 0.2) is 11.5 Å². The van der Waals surface area contributed by atoms with E-state index in [-0.39, 0.29) is 11.7 Å². The third kappa shape index (κ3) is 2.52. The summed E-state index contributed by atoms with van der Waals surface area (Å²) >= 11 is 0. The average molecular weight is 393 g/mol. The van der Waals surface area contributed by atoms with E-state index in [2.05, 4.69) is 15.1 Å². The Balaban J connectivity index is 1.63. The second kappa shape index (κ2) is 6.38. The first-order valence-corrected chi connectivity index (χ1v) is 9.49. The summed E-state index contributed by atoms with van der Waals surface area (Å²) in [5.74, 6) is 1.56. The number of phenolic OH excluding ortho intramolecular Hbond substituents is 1. The predicted molar refractivity (Wildman–Crippen MR) is 110 cm³/mol. The molecule has 0 unspecified atom stereocenters. The van der Waals surface area contributed by atoms with Gasteiger partial charge in [-0.15, -0.1) is 5.10 Å². The molecule has 5 aromatic rings. The van der Waals surface area contributed by atoms with Gasteiger partial charge in [-0.05, 0) is 17.7 Å². The first kappa shape index (κ1) is 16.7. The zero-order valence-corrected chi connectivity index (χ0v) is 15.7. The number of phenols is 1. The van der Waals surface area contributed by atoms with Crippen molar-refractivity contribution in [2.45, 2.75) is 5.92 Å². The summed E-state index contributed by atoms with van der Waals surface area (Å²) in [5.41, 5.74) is 4.31. The van der Waals surface area contributed by atoms with Crippen LogP contribution in [0.25, 0.3) is 17.0 Å². The van der Waals surface area contributed by atoms with Crippen LogP contribution in [-0.2, 0) is 0 Å². The van der Waals surface area contributed by atoms with Crippen molar-refractivity contribution in [3.05, 3.63) is 96.1 Å². The van der Waals surface area contributed by atoms with Crippen LogP contribution in [0, 0.1) is 0 Å². The van der Waals surface area contributed by atoms with Crippen LogP contribution < -0.4 is 4.74 Å². The van der Waals surface area contributed by atoms with Crippen LogP contribution in [0.1, 0.15) is 22.6 Å². The van der Waals surface area contributed by atoms with Gasteiger partial charge in [-0.25, -0.2) is 14.5 Å². The van der Waals surface area contributed by atoms with E-state index in [4.69, 9.17) is 9.72 Å². The van der Waals surface area contributed by atoms with E-state index < -0.39 is 0 Å². The molecule has 2 aromatic carbocycles. The number of fused-ring (bicyclic) bond motifs is 4. The molecular weight excluding hydrogens is 378 g/mol. The molecule has 30 heavy (non-hydrogen) atoms. The van der Waals surface area contributed by atoms with Crippen LogP contribution >= 0.6 is 0 Å². The van der Waals surface area contributed by atoms with E-state index in [1.165, 1.54) is 0 Å². The Labute approximate surface area is 171 Å². The van der Waals surface area contributed by atoms with Crippen LogP contribution in [0.15, 0.2) is 79.4 Å². The third-order valence-electron chi connectivity index (χ3n) is 5.24. The summed E-state index contributed by atoms with van der Waals surface area (Å²) < 4.78 is 7.74. The number of benzene rings is 2. The summed E-state index contributed by atoms with van der Waals surface area (Å²) in [6, 6.07) is 18.9. The van der Waals surface area contributed by atoms with E-state index in [1.54, 1.807) is 29.2 Å². The van der Waals surface area contributed by atoms with Crippen molar-refractivity contribution in [2.24, 2.45) is 0 Å². The first-order chi connectivity index (χ1) is 14.8. The highest BCUT2D eigenvalue weighted by Gasteiger charge is 2.33. The van der Waals surface area contributed by atoms with Crippen LogP contribution in [0.4, 0.5) is 0 Å². The fraction of sp³-hybridized carbons (Fsp3) is 0.0435. The van der Waals surface area contributed by atoms with E-state index in [0.717, 1.165) is 22.3 Å². The van der Waals surface area contributed by atoms with Crippen molar-refractivity contribution < 1.29 is 9.84 Å². The van der Waals surface area contributed by atoms with Gasteiger partial charge in [0, 0.05) is 35.5 Å². The molecule has 1 aliphatic rings. The molecular formula is C23H15N5O2. The molecule has 4 heterocycles. The number of aromatic nitrogens is 5. The van der Waals surface area contributed by atoms with E-state index >= 15 is 0 Å². The average Bonchev–Trinajstić information content (AvgIpc) is 3.23. The molecule has 1 aliphatic heterocycles. The highest BCUT2D eigenvalue weighted by atomic mass is 16.5. The molecule has 0 bridgehead atoms. The maximum Gasteiger partial charge on any atom is 0.228 e. The molecule has 7 nitrogen and oxygen atoms in total. The Morgan fingerprint density at radius 2 is 1.90 bits per heavy atom. The summed E-state index contributed by atoms with van der Waals surface area (Å²) in [4.78, 5) is 13.6. The Hall–Kier alpha value is -4.26. The lowest BCUT2D eigenvalue weighted by Gasteiger charge is -2.27. The Bertz CT molecular complexity index is 1380. The molecule has 0 spiro atoms. The number of hydrogen-bond donors (Lipinski definition) is 1. The van der Waals surface area contributed by atoms with E-state index in [9.17, 15) is 5.11 Å². The lowest BCUT2D eigenvalue weighted by molar-refractivity contribution is 0.422. The molecule has 7 heteroatoms. The number of aromatic hydroxyl groups is 1. The maximum atomic E-state index is 9.95. The van der Waals surface area contributed by atoms with Crippen LogP contribution in [0.3, 0.4) is 0 Å².